The third-order valence-corrected chi connectivity index (χ3v) is 6.58. The quantitative estimate of drug-likeness (QED) is 0.423. The monoisotopic (exact) mass is 539 g/mol. The largest absolute Gasteiger partial charge is 0.480 e. The lowest BCUT2D eigenvalue weighted by Crippen LogP contribution is -2.51. The van der Waals surface area contributed by atoms with E-state index in [-0.39, 0.29) is 32.0 Å². The number of carboxylic acids is 1. The molecule has 2 aromatic carbocycles. The van der Waals surface area contributed by atoms with Crippen LogP contribution in [0.15, 0.2) is 48.5 Å². The van der Waals surface area contributed by atoms with E-state index in [2.05, 4.69) is 5.43 Å². The molecular formula is C28H33N3O8. The molecule has 11 nitrogen and oxygen atoms in total. The number of carbonyl (C=O) groups excluding carboxylic acids is 3. The summed E-state index contributed by atoms with van der Waals surface area (Å²) >= 11 is 0. The van der Waals surface area contributed by atoms with E-state index in [4.69, 9.17) is 14.2 Å². The molecule has 4 rings (SSSR count). The van der Waals surface area contributed by atoms with Crippen molar-refractivity contribution in [2.24, 2.45) is 0 Å². The zero-order chi connectivity index (χ0) is 28.3. The first-order chi connectivity index (χ1) is 18.5. The van der Waals surface area contributed by atoms with E-state index in [1.54, 1.807) is 27.7 Å². The number of benzene rings is 2. The molecule has 1 heterocycles. The van der Waals surface area contributed by atoms with Gasteiger partial charge in [-0.2, -0.15) is 0 Å². The highest BCUT2D eigenvalue weighted by Gasteiger charge is 2.46. The molecule has 0 radical (unpaired) electrons. The average Bonchev–Trinajstić information content (AvgIpc) is 3.44. The van der Waals surface area contributed by atoms with Gasteiger partial charge in [-0.1, -0.05) is 48.5 Å². The SMILES string of the molecule is CCN(NC(=O)OC(C)(C)C)C(=O)O[C@H]1CCN(C(=O)OCC2c3ccccc3-c3ccccc32)[C@@H]1C(=O)O. The Balaban J connectivity index is 1.40. The maximum atomic E-state index is 13.1. The summed E-state index contributed by atoms with van der Waals surface area (Å²) in [7, 11) is 0. The molecule has 2 aromatic rings. The molecule has 2 N–H and O–H groups in total. The van der Waals surface area contributed by atoms with E-state index in [1.165, 1.54) is 0 Å². The van der Waals surface area contributed by atoms with E-state index in [1.807, 2.05) is 48.5 Å². The van der Waals surface area contributed by atoms with Gasteiger partial charge in [0.15, 0.2) is 6.04 Å². The summed E-state index contributed by atoms with van der Waals surface area (Å²) in [5.41, 5.74) is 5.73. The molecule has 1 fully saturated rings. The number of amides is 3. The molecule has 2 atom stereocenters. The first kappa shape index (κ1) is 27.7. The number of fused-ring (bicyclic) bond motifs is 3. The molecule has 0 saturated carbocycles. The van der Waals surface area contributed by atoms with Gasteiger partial charge >= 0.3 is 24.2 Å². The van der Waals surface area contributed by atoms with Gasteiger partial charge in [-0.05, 0) is 49.9 Å². The fourth-order valence-electron chi connectivity index (χ4n) is 4.92. The van der Waals surface area contributed by atoms with Crippen LogP contribution < -0.4 is 5.43 Å². The van der Waals surface area contributed by atoms with Crippen molar-refractivity contribution in [3.63, 3.8) is 0 Å². The van der Waals surface area contributed by atoms with Gasteiger partial charge in [-0.25, -0.2) is 29.6 Å². The van der Waals surface area contributed by atoms with Crippen molar-refractivity contribution in [2.75, 3.05) is 19.7 Å². The highest BCUT2D eigenvalue weighted by molar-refractivity contribution is 5.83. The Morgan fingerprint density at radius 3 is 2.15 bits per heavy atom. The minimum atomic E-state index is -1.44. The van der Waals surface area contributed by atoms with Gasteiger partial charge in [0.05, 0.1) is 0 Å². The van der Waals surface area contributed by atoms with Crippen LogP contribution in [-0.2, 0) is 19.0 Å². The molecule has 0 spiro atoms. The number of hydrogen-bond donors (Lipinski definition) is 2. The maximum absolute atomic E-state index is 13.1. The van der Waals surface area contributed by atoms with E-state index >= 15 is 0 Å². The van der Waals surface area contributed by atoms with Crippen molar-refractivity contribution in [3.8, 4) is 11.1 Å². The second-order valence-corrected chi connectivity index (χ2v) is 10.3. The Morgan fingerprint density at radius 1 is 1.03 bits per heavy atom. The number of rotatable bonds is 5. The standard InChI is InChI=1S/C28H33N3O8/c1-5-31(29-25(34)39-28(2,3)4)27(36)38-22-14-15-30(23(22)24(32)33)26(35)37-16-21-19-12-8-6-10-17(19)18-11-7-9-13-20(18)21/h6-13,21-23H,5,14-16H2,1-4H3,(H,29,34)(H,32,33)/t22-,23-/m0/s1. The second-order valence-electron chi connectivity index (χ2n) is 10.3. The zero-order valence-corrected chi connectivity index (χ0v) is 22.4. The first-order valence-electron chi connectivity index (χ1n) is 12.8. The highest BCUT2D eigenvalue weighted by Crippen LogP contribution is 2.44. The maximum Gasteiger partial charge on any atom is 0.429 e. The van der Waals surface area contributed by atoms with Crippen LogP contribution in [-0.4, -0.2) is 76.7 Å². The summed E-state index contributed by atoms with van der Waals surface area (Å²) in [6.07, 6.45) is -3.67. The number of hydrogen-bond acceptors (Lipinski definition) is 7. The Hall–Kier alpha value is -4.28. The predicted octanol–water partition coefficient (Wildman–Crippen LogP) is 4.36. The molecule has 0 unspecified atom stereocenters. The number of hydrazine groups is 1. The Labute approximate surface area is 226 Å². The van der Waals surface area contributed by atoms with Crippen LogP contribution in [0.2, 0.25) is 0 Å². The van der Waals surface area contributed by atoms with Crippen LogP contribution in [0.4, 0.5) is 14.4 Å². The predicted molar refractivity (Wildman–Crippen MR) is 140 cm³/mol. The molecule has 11 heteroatoms. The summed E-state index contributed by atoms with van der Waals surface area (Å²) in [6.45, 7) is 6.73. The van der Waals surface area contributed by atoms with Gasteiger partial charge in [-0.3, -0.25) is 4.90 Å². The Kier molecular flexibility index (Phi) is 7.98. The normalized spacial score (nSPS) is 18.1. The summed E-state index contributed by atoms with van der Waals surface area (Å²) in [5.74, 6) is -1.51. The third kappa shape index (κ3) is 6.08. The summed E-state index contributed by atoms with van der Waals surface area (Å²) in [4.78, 5) is 51.0. The number of aliphatic carboxylic acids is 1. The van der Waals surface area contributed by atoms with E-state index < -0.39 is 42.0 Å². The Morgan fingerprint density at radius 2 is 1.62 bits per heavy atom. The molecule has 1 aliphatic heterocycles. The topological polar surface area (TPSA) is 135 Å². The zero-order valence-electron chi connectivity index (χ0n) is 22.4. The minimum absolute atomic E-state index is 0.0250. The van der Waals surface area contributed by atoms with Crippen LogP contribution >= 0.6 is 0 Å². The van der Waals surface area contributed by atoms with Crippen LogP contribution in [0.25, 0.3) is 11.1 Å². The number of likely N-dealkylation sites (tertiary alicyclic amines) is 1. The van der Waals surface area contributed by atoms with Gasteiger partial charge in [0.2, 0.25) is 0 Å². The first-order valence-corrected chi connectivity index (χ1v) is 12.8. The van der Waals surface area contributed by atoms with Gasteiger partial charge in [0.1, 0.15) is 18.3 Å². The molecule has 39 heavy (non-hydrogen) atoms. The van der Waals surface area contributed by atoms with Gasteiger partial charge in [0.25, 0.3) is 0 Å². The number of carbonyl (C=O) groups is 4. The number of nitrogens with one attached hydrogen (secondary N) is 1. The highest BCUT2D eigenvalue weighted by atomic mass is 16.6. The second kappa shape index (κ2) is 11.2. The summed E-state index contributed by atoms with van der Waals surface area (Å²) in [5, 5.41) is 10.8. The van der Waals surface area contributed by atoms with E-state index in [0.717, 1.165) is 32.2 Å². The van der Waals surface area contributed by atoms with Crippen molar-refractivity contribution < 1.29 is 38.5 Å². The summed E-state index contributed by atoms with van der Waals surface area (Å²) < 4.78 is 16.2. The van der Waals surface area contributed by atoms with Crippen molar-refractivity contribution in [3.05, 3.63) is 59.7 Å². The number of ether oxygens (including phenoxy) is 3. The lowest BCUT2D eigenvalue weighted by Gasteiger charge is -2.28. The molecule has 0 bridgehead atoms. The lowest BCUT2D eigenvalue weighted by molar-refractivity contribution is -0.144. The van der Waals surface area contributed by atoms with Crippen molar-refractivity contribution in [1.29, 1.82) is 0 Å². The van der Waals surface area contributed by atoms with Crippen molar-refractivity contribution in [1.82, 2.24) is 15.3 Å². The molecule has 1 aliphatic carbocycles. The van der Waals surface area contributed by atoms with E-state index in [0.29, 0.717) is 0 Å². The third-order valence-electron chi connectivity index (χ3n) is 6.58. The molecule has 208 valence electrons. The fraction of sp³-hybridized carbons (Fsp3) is 0.429. The lowest BCUT2D eigenvalue weighted by atomic mass is 9.98. The molecule has 1 saturated heterocycles. The summed E-state index contributed by atoms with van der Waals surface area (Å²) in [6, 6.07) is 14.3. The molecule has 3 amide bonds. The van der Waals surface area contributed by atoms with Gasteiger partial charge in [0, 0.05) is 25.4 Å². The number of carboxylic acid groups (broad SMARTS) is 1. The average molecular weight is 540 g/mol. The van der Waals surface area contributed by atoms with Crippen molar-refractivity contribution in [2.45, 2.75) is 57.8 Å². The fourth-order valence-corrected chi connectivity index (χ4v) is 4.92. The molecular weight excluding hydrogens is 506 g/mol. The number of nitrogens with zero attached hydrogens (tertiary/aromatic N) is 2. The van der Waals surface area contributed by atoms with E-state index in [9.17, 15) is 24.3 Å². The van der Waals surface area contributed by atoms with Gasteiger partial charge < -0.3 is 19.3 Å². The van der Waals surface area contributed by atoms with Crippen LogP contribution in [0, 0.1) is 0 Å². The smallest absolute Gasteiger partial charge is 0.429 e. The van der Waals surface area contributed by atoms with Crippen LogP contribution in [0.5, 0.6) is 0 Å². The molecule has 0 aromatic heterocycles. The van der Waals surface area contributed by atoms with Crippen LogP contribution in [0.3, 0.4) is 0 Å². The Bertz CT molecular complexity index is 1210. The van der Waals surface area contributed by atoms with Gasteiger partial charge in [-0.15, -0.1) is 0 Å². The van der Waals surface area contributed by atoms with Crippen molar-refractivity contribution >= 4 is 24.2 Å². The minimum Gasteiger partial charge on any atom is -0.480 e. The van der Waals surface area contributed by atoms with Crippen LogP contribution in [0.1, 0.15) is 51.2 Å². The molecule has 2 aliphatic rings.